The number of halogens is 1. The average molecular weight is 322 g/mol. The zero-order valence-electron chi connectivity index (χ0n) is 12.3. The Labute approximate surface area is 135 Å². The van der Waals surface area contributed by atoms with Crippen LogP contribution in [0.5, 0.6) is 0 Å². The van der Waals surface area contributed by atoms with Crippen molar-refractivity contribution in [2.75, 3.05) is 13.1 Å². The predicted octanol–water partition coefficient (Wildman–Crippen LogP) is 3.65. The first-order valence-corrected chi connectivity index (χ1v) is 8.55. The lowest BCUT2D eigenvalue weighted by Crippen LogP contribution is -2.53. The van der Waals surface area contributed by atoms with Crippen molar-refractivity contribution in [1.29, 1.82) is 0 Å². The molecule has 1 aliphatic heterocycles. The third-order valence-corrected chi connectivity index (χ3v) is 4.93. The number of nitrogens with zero attached hydrogens (tertiary/aromatic N) is 2. The average Bonchev–Trinajstić information content (AvgIpc) is 2.86. The van der Waals surface area contributed by atoms with Gasteiger partial charge in [0.15, 0.2) is 0 Å². The van der Waals surface area contributed by atoms with Crippen LogP contribution in [0.25, 0.3) is 10.6 Å². The summed E-state index contributed by atoms with van der Waals surface area (Å²) in [6, 6.07) is 8.97. The maximum atomic E-state index is 6.25. The Bertz CT molecular complexity index is 603. The molecule has 5 heteroatoms. The highest BCUT2D eigenvalue weighted by Crippen LogP contribution is 2.30. The molecule has 0 bridgehead atoms. The summed E-state index contributed by atoms with van der Waals surface area (Å²) in [6.45, 7) is 7.53. The van der Waals surface area contributed by atoms with Crippen molar-refractivity contribution in [2.45, 2.75) is 32.5 Å². The summed E-state index contributed by atoms with van der Waals surface area (Å²) in [7, 11) is 0. The smallest absolute Gasteiger partial charge is 0.125 e. The van der Waals surface area contributed by atoms with Gasteiger partial charge in [0.25, 0.3) is 0 Å². The summed E-state index contributed by atoms with van der Waals surface area (Å²) >= 11 is 7.92. The molecule has 3 nitrogen and oxygen atoms in total. The van der Waals surface area contributed by atoms with Gasteiger partial charge in [0.2, 0.25) is 0 Å². The Morgan fingerprint density at radius 2 is 2.00 bits per heavy atom. The largest absolute Gasteiger partial charge is 0.309 e. The lowest BCUT2D eigenvalue weighted by atomic mass is 10.1. The Kier molecular flexibility index (Phi) is 4.60. The molecule has 0 saturated carbocycles. The quantitative estimate of drug-likeness (QED) is 0.935. The van der Waals surface area contributed by atoms with Gasteiger partial charge < -0.3 is 5.32 Å². The molecule has 0 radical (unpaired) electrons. The molecule has 2 aromatic rings. The Hall–Kier alpha value is -0.940. The molecule has 1 fully saturated rings. The third-order valence-electron chi connectivity index (χ3n) is 3.67. The topological polar surface area (TPSA) is 28.2 Å². The van der Waals surface area contributed by atoms with Crippen molar-refractivity contribution in [3.63, 3.8) is 0 Å². The van der Waals surface area contributed by atoms with E-state index in [-0.39, 0.29) is 0 Å². The molecule has 2 atom stereocenters. The number of aromatic nitrogens is 1. The van der Waals surface area contributed by atoms with Crippen LogP contribution in [-0.2, 0) is 6.54 Å². The first kappa shape index (κ1) is 15.0. The van der Waals surface area contributed by atoms with Crippen LogP contribution in [0, 0.1) is 0 Å². The zero-order chi connectivity index (χ0) is 14.8. The van der Waals surface area contributed by atoms with E-state index in [1.165, 1.54) is 0 Å². The van der Waals surface area contributed by atoms with E-state index >= 15 is 0 Å². The summed E-state index contributed by atoms with van der Waals surface area (Å²) in [5.41, 5.74) is 2.16. The molecule has 0 aliphatic carbocycles. The number of hydrogen-bond donors (Lipinski definition) is 1. The molecule has 21 heavy (non-hydrogen) atoms. The van der Waals surface area contributed by atoms with Crippen LogP contribution in [0.15, 0.2) is 29.6 Å². The molecule has 0 amide bonds. The second kappa shape index (κ2) is 6.44. The van der Waals surface area contributed by atoms with Gasteiger partial charge in [-0.05, 0) is 19.9 Å². The van der Waals surface area contributed by atoms with Gasteiger partial charge >= 0.3 is 0 Å². The highest BCUT2D eigenvalue weighted by Gasteiger charge is 2.21. The lowest BCUT2D eigenvalue weighted by molar-refractivity contribution is 0.165. The fourth-order valence-corrected chi connectivity index (χ4v) is 4.07. The van der Waals surface area contributed by atoms with Crippen LogP contribution >= 0.6 is 22.9 Å². The first-order valence-electron chi connectivity index (χ1n) is 7.29. The summed E-state index contributed by atoms with van der Waals surface area (Å²) in [5, 5.41) is 7.48. The summed E-state index contributed by atoms with van der Waals surface area (Å²) in [5.74, 6) is 0. The molecule has 1 aromatic carbocycles. The van der Waals surface area contributed by atoms with Crippen LogP contribution in [-0.4, -0.2) is 35.1 Å². The van der Waals surface area contributed by atoms with Crippen LogP contribution in [0.3, 0.4) is 0 Å². The fourth-order valence-electron chi connectivity index (χ4n) is 2.94. The standard InChI is InChI=1S/C16H20ClN3S/c1-11-7-20(8-12(2)18-11)9-13-10-21-16(19-13)14-5-3-4-6-15(14)17/h3-6,10-12,18H,7-9H2,1-2H3. The maximum absolute atomic E-state index is 6.25. The van der Waals surface area contributed by atoms with E-state index in [0.29, 0.717) is 12.1 Å². The van der Waals surface area contributed by atoms with Gasteiger partial charge in [-0.1, -0.05) is 29.8 Å². The monoisotopic (exact) mass is 321 g/mol. The first-order chi connectivity index (χ1) is 10.1. The van der Waals surface area contributed by atoms with Crippen LogP contribution in [0.2, 0.25) is 5.02 Å². The molecule has 1 N–H and O–H groups in total. The zero-order valence-corrected chi connectivity index (χ0v) is 13.9. The molecule has 112 valence electrons. The van der Waals surface area contributed by atoms with Gasteiger partial charge in [-0.25, -0.2) is 4.98 Å². The van der Waals surface area contributed by atoms with Crippen molar-refractivity contribution >= 4 is 22.9 Å². The molecule has 1 aliphatic rings. The normalized spacial score (nSPS) is 23.4. The number of benzene rings is 1. The van der Waals surface area contributed by atoms with Crippen molar-refractivity contribution in [3.8, 4) is 10.6 Å². The maximum Gasteiger partial charge on any atom is 0.125 e. The van der Waals surface area contributed by atoms with Gasteiger partial charge in [-0.15, -0.1) is 11.3 Å². The number of hydrogen-bond acceptors (Lipinski definition) is 4. The van der Waals surface area contributed by atoms with Gasteiger partial charge in [0, 0.05) is 42.7 Å². The Balaban J connectivity index is 1.72. The molecular weight excluding hydrogens is 302 g/mol. The molecule has 1 aromatic heterocycles. The summed E-state index contributed by atoms with van der Waals surface area (Å²) < 4.78 is 0. The minimum atomic E-state index is 0.537. The van der Waals surface area contributed by atoms with Gasteiger partial charge in [-0.2, -0.15) is 0 Å². The van der Waals surface area contributed by atoms with Gasteiger partial charge in [-0.3, -0.25) is 4.90 Å². The Morgan fingerprint density at radius 3 is 2.71 bits per heavy atom. The van der Waals surface area contributed by atoms with E-state index < -0.39 is 0 Å². The lowest BCUT2D eigenvalue weighted by Gasteiger charge is -2.35. The summed E-state index contributed by atoms with van der Waals surface area (Å²) in [6.07, 6.45) is 0. The molecule has 0 spiro atoms. The minimum absolute atomic E-state index is 0.537. The highest BCUT2D eigenvalue weighted by molar-refractivity contribution is 7.13. The number of piperazine rings is 1. The van der Waals surface area contributed by atoms with Crippen molar-refractivity contribution in [3.05, 3.63) is 40.4 Å². The van der Waals surface area contributed by atoms with Crippen LogP contribution < -0.4 is 5.32 Å². The van der Waals surface area contributed by atoms with E-state index in [1.54, 1.807) is 11.3 Å². The Morgan fingerprint density at radius 1 is 1.29 bits per heavy atom. The fraction of sp³-hybridized carbons (Fsp3) is 0.438. The van der Waals surface area contributed by atoms with Crippen molar-refractivity contribution in [2.24, 2.45) is 0 Å². The molecular formula is C16H20ClN3S. The van der Waals surface area contributed by atoms with Crippen molar-refractivity contribution < 1.29 is 0 Å². The third kappa shape index (κ3) is 3.64. The highest BCUT2D eigenvalue weighted by atomic mass is 35.5. The predicted molar refractivity (Wildman–Crippen MR) is 89.9 cm³/mol. The van der Waals surface area contributed by atoms with Gasteiger partial charge in [0.05, 0.1) is 10.7 Å². The van der Waals surface area contributed by atoms with Crippen LogP contribution in [0.4, 0.5) is 0 Å². The molecule has 1 saturated heterocycles. The second-order valence-electron chi connectivity index (χ2n) is 5.79. The molecule has 2 unspecified atom stereocenters. The van der Waals surface area contributed by atoms with Gasteiger partial charge in [0.1, 0.15) is 5.01 Å². The number of thiazole rings is 1. The van der Waals surface area contributed by atoms with E-state index in [0.717, 1.165) is 40.9 Å². The summed E-state index contributed by atoms with van der Waals surface area (Å²) in [4.78, 5) is 7.23. The van der Waals surface area contributed by atoms with E-state index in [1.807, 2.05) is 24.3 Å². The van der Waals surface area contributed by atoms with E-state index in [9.17, 15) is 0 Å². The van der Waals surface area contributed by atoms with E-state index in [4.69, 9.17) is 16.6 Å². The SMILES string of the molecule is CC1CN(Cc2csc(-c3ccccc3Cl)n2)CC(C)N1. The van der Waals surface area contributed by atoms with Crippen molar-refractivity contribution in [1.82, 2.24) is 15.2 Å². The number of nitrogens with one attached hydrogen (secondary N) is 1. The van der Waals surface area contributed by atoms with Crippen LogP contribution in [0.1, 0.15) is 19.5 Å². The molecule has 2 heterocycles. The number of rotatable bonds is 3. The molecule has 3 rings (SSSR count). The van der Waals surface area contributed by atoms with E-state index in [2.05, 4.69) is 29.4 Å². The minimum Gasteiger partial charge on any atom is -0.309 e. The second-order valence-corrected chi connectivity index (χ2v) is 7.05.